The van der Waals surface area contributed by atoms with E-state index in [0.29, 0.717) is 6.04 Å². The zero-order chi connectivity index (χ0) is 16.2. The van der Waals surface area contributed by atoms with Gasteiger partial charge in [-0.2, -0.15) is 5.10 Å². The lowest BCUT2D eigenvalue weighted by atomic mass is 10.1. The number of hydrogen-bond donors (Lipinski definition) is 1. The number of anilines is 2. The molecule has 7 heteroatoms. The lowest BCUT2D eigenvalue weighted by Crippen LogP contribution is -2.46. The molecule has 1 aliphatic rings. The SMILES string of the molecule is CN(C)c1ncc(CNC2CCCN(c3cccnn3)C2)n1C. The van der Waals surface area contributed by atoms with Crippen molar-refractivity contribution in [2.75, 3.05) is 37.0 Å². The van der Waals surface area contributed by atoms with Gasteiger partial charge in [0, 0.05) is 53.0 Å². The fraction of sp³-hybridized carbons (Fsp3) is 0.562. The second-order valence-corrected chi connectivity index (χ2v) is 6.25. The average Bonchev–Trinajstić information content (AvgIpc) is 2.95. The molecule has 7 nitrogen and oxygen atoms in total. The van der Waals surface area contributed by atoms with Gasteiger partial charge in [-0.15, -0.1) is 5.10 Å². The topological polar surface area (TPSA) is 62.1 Å². The molecule has 0 amide bonds. The van der Waals surface area contributed by atoms with E-state index in [2.05, 4.69) is 37.0 Å². The molecule has 3 heterocycles. The molecule has 3 rings (SSSR count). The van der Waals surface area contributed by atoms with Crippen molar-refractivity contribution >= 4 is 11.8 Å². The van der Waals surface area contributed by atoms with Crippen LogP contribution in [0.3, 0.4) is 0 Å². The summed E-state index contributed by atoms with van der Waals surface area (Å²) in [7, 11) is 6.09. The van der Waals surface area contributed by atoms with Gasteiger partial charge in [0.1, 0.15) is 0 Å². The number of hydrogen-bond acceptors (Lipinski definition) is 6. The maximum absolute atomic E-state index is 4.46. The Balaban J connectivity index is 1.58. The van der Waals surface area contributed by atoms with Gasteiger partial charge in [-0.1, -0.05) is 0 Å². The van der Waals surface area contributed by atoms with Crippen molar-refractivity contribution in [2.45, 2.75) is 25.4 Å². The first-order valence-corrected chi connectivity index (χ1v) is 8.09. The van der Waals surface area contributed by atoms with Gasteiger partial charge in [0.25, 0.3) is 0 Å². The van der Waals surface area contributed by atoms with Crippen molar-refractivity contribution in [2.24, 2.45) is 7.05 Å². The lowest BCUT2D eigenvalue weighted by Gasteiger charge is -2.33. The summed E-state index contributed by atoms with van der Waals surface area (Å²) < 4.78 is 2.14. The standard InChI is InChI=1S/C16H25N7/c1-21(2)16-18-11-14(22(16)3)10-17-13-6-5-9-23(12-13)15-7-4-8-19-20-15/h4,7-8,11,13,17H,5-6,9-10,12H2,1-3H3. The maximum atomic E-state index is 4.46. The fourth-order valence-electron chi connectivity index (χ4n) is 3.08. The van der Waals surface area contributed by atoms with E-state index in [1.54, 1.807) is 6.20 Å². The van der Waals surface area contributed by atoms with E-state index in [1.165, 1.54) is 18.5 Å². The maximum Gasteiger partial charge on any atom is 0.204 e. The van der Waals surface area contributed by atoms with E-state index in [9.17, 15) is 0 Å². The monoisotopic (exact) mass is 315 g/mol. The van der Waals surface area contributed by atoms with Crippen LogP contribution in [0.2, 0.25) is 0 Å². The van der Waals surface area contributed by atoms with Gasteiger partial charge in [-0.3, -0.25) is 0 Å². The molecule has 0 aliphatic carbocycles. The first kappa shape index (κ1) is 15.7. The number of aromatic nitrogens is 4. The second kappa shape index (κ2) is 6.95. The molecule has 1 atom stereocenters. The summed E-state index contributed by atoms with van der Waals surface area (Å²) in [5, 5.41) is 11.9. The van der Waals surface area contributed by atoms with Crippen LogP contribution in [-0.2, 0) is 13.6 Å². The van der Waals surface area contributed by atoms with E-state index in [1.807, 2.05) is 37.3 Å². The van der Waals surface area contributed by atoms with Crippen LogP contribution in [0.15, 0.2) is 24.5 Å². The molecule has 124 valence electrons. The Morgan fingerprint density at radius 1 is 1.39 bits per heavy atom. The van der Waals surface area contributed by atoms with Crippen LogP contribution in [0.4, 0.5) is 11.8 Å². The van der Waals surface area contributed by atoms with Crippen molar-refractivity contribution < 1.29 is 0 Å². The molecule has 0 spiro atoms. The number of nitrogens with one attached hydrogen (secondary N) is 1. The molecule has 1 saturated heterocycles. The first-order valence-electron chi connectivity index (χ1n) is 8.09. The zero-order valence-corrected chi connectivity index (χ0v) is 14.1. The van der Waals surface area contributed by atoms with E-state index < -0.39 is 0 Å². The van der Waals surface area contributed by atoms with Gasteiger partial charge in [0.2, 0.25) is 5.95 Å². The molecule has 0 bridgehead atoms. The molecule has 1 N–H and O–H groups in total. The highest BCUT2D eigenvalue weighted by atomic mass is 15.3. The Bertz CT molecular complexity index is 623. The normalized spacial score (nSPS) is 18.2. The summed E-state index contributed by atoms with van der Waals surface area (Å²) >= 11 is 0. The molecular formula is C16H25N7. The molecule has 2 aromatic heterocycles. The van der Waals surface area contributed by atoms with E-state index in [4.69, 9.17) is 0 Å². The molecule has 0 aromatic carbocycles. The fourth-order valence-corrected chi connectivity index (χ4v) is 3.08. The second-order valence-electron chi connectivity index (χ2n) is 6.25. The van der Waals surface area contributed by atoms with Gasteiger partial charge in [-0.05, 0) is 25.0 Å². The van der Waals surface area contributed by atoms with Gasteiger partial charge >= 0.3 is 0 Å². The van der Waals surface area contributed by atoms with Crippen molar-refractivity contribution in [3.05, 3.63) is 30.2 Å². The number of rotatable bonds is 5. The third-order valence-corrected chi connectivity index (χ3v) is 4.34. The van der Waals surface area contributed by atoms with Crippen molar-refractivity contribution in [3.8, 4) is 0 Å². The van der Waals surface area contributed by atoms with Crippen molar-refractivity contribution in [3.63, 3.8) is 0 Å². The van der Waals surface area contributed by atoms with Crippen LogP contribution in [0.25, 0.3) is 0 Å². The van der Waals surface area contributed by atoms with Crippen LogP contribution in [0.1, 0.15) is 18.5 Å². The molecule has 2 aromatic rings. The third kappa shape index (κ3) is 3.61. The molecule has 1 unspecified atom stereocenters. The quantitative estimate of drug-likeness (QED) is 0.889. The minimum Gasteiger partial charge on any atom is -0.354 e. The van der Waals surface area contributed by atoms with E-state index >= 15 is 0 Å². The van der Waals surface area contributed by atoms with Crippen molar-refractivity contribution in [1.29, 1.82) is 0 Å². The Morgan fingerprint density at radius 2 is 2.26 bits per heavy atom. The van der Waals surface area contributed by atoms with E-state index in [0.717, 1.165) is 31.4 Å². The molecule has 1 fully saturated rings. The summed E-state index contributed by atoms with van der Waals surface area (Å²) in [6.45, 7) is 2.85. The molecule has 23 heavy (non-hydrogen) atoms. The van der Waals surface area contributed by atoms with Gasteiger partial charge in [0.05, 0.1) is 11.9 Å². The smallest absolute Gasteiger partial charge is 0.204 e. The predicted octanol–water partition coefficient (Wildman–Crippen LogP) is 1.03. The first-order chi connectivity index (χ1) is 11.1. The molecular weight excluding hydrogens is 290 g/mol. The molecule has 0 radical (unpaired) electrons. The highest BCUT2D eigenvalue weighted by molar-refractivity contribution is 5.37. The minimum atomic E-state index is 0.462. The van der Waals surface area contributed by atoms with Gasteiger partial charge in [-0.25, -0.2) is 4.98 Å². The van der Waals surface area contributed by atoms with Gasteiger partial charge < -0.3 is 19.7 Å². The Morgan fingerprint density at radius 3 is 2.96 bits per heavy atom. The summed E-state index contributed by atoms with van der Waals surface area (Å²) in [6, 6.07) is 4.43. The minimum absolute atomic E-state index is 0.462. The van der Waals surface area contributed by atoms with E-state index in [-0.39, 0.29) is 0 Å². The molecule has 0 saturated carbocycles. The molecule has 1 aliphatic heterocycles. The summed E-state index contributed by atoms with van der Waals surface area (Å²) in [6.07, 6.45) is 6.03. The number of piperidine rings is 1. The lowest BCUT2D eigenvalue weighted by molar-refractivity contribution is 0.415. The Kier molecular flexibility index (Phi) is 4.76. The third-order valence-electron chi connectivity index (χ3n) is 4.34. The van der Waals surface area contributed by atoms with Gasteiger partial charge in [0.15, 0.2) is 5.82 Å². The van der Waals surface area contributed by atoms with Crippen LogP contribution >= 0.6 is 0 Å². The van der Waals surface area contributed by atoms with Crippen LogP contribution < -0.4 is 15.1 Å². The Hall–Kier alpha value is -2.15. The highest BCUT2D eigenvalue weighted by Gasteiger charge is 2.21. The summed E-state index contributed by atoms with van der Waals surface area (Å²) in [4.78, 5) is 8.80. The number of imidazole rings is 1. The average molecular weight is 315 g/mol. The highest BCUT2D eigenvalue weighted by Crippen LogP contribution is 2.17. The predicted molar refractivity (Wildman–Crippen MR) is 91.6 cm³/mol. The largest absolute Gasteiger partial charge is 0.354 e. The van der Waals surface area contributed by atoms with Crippen LogP contribution in [-0.4, -0.2) is 53.0 Å². The number of nitrogens with zero attached hydrogens (tertiary/aromatic N) is 6. The summed E-state index contributed by atoms with van der Waals surface area (Å²) in [5.41, 5.74) is 1.20. The Labute approximate surface area is 137 Å². The van der Waals surface area contributed by atoms with Crippen molar-refractivity contribution in [1.82, 2.24) is 25.1 Å². The summed E-state index contributed by atoms with van der Waals surface area (Å²) in [5.74, 6) is 1.95. The van der Waals surface area contributed by atoms with Crippen LogP contribution in [0, 0.1) is 0 Å². The zero-order valence-electron chi connectivity index (χ0n) is 14.1. The van der Waals surface area contributed by atoms with Crippen LogP contribution in [0.5, 0.6) is 0 Å².